The van der Waals surface area contributed by atoms with E-state index in [2.05, 4.69) is 15.3 Å². The van der Waals surface area contributed by atoms with Gasteiger partial charge >= 0.3 is 0 Å². The van der Waals surface area contributed by atoms with Crippen molar-refractivity contribution < 1.29 is 9.18 Å². The molecule has 6 heteroatoms. The molecule has 0 radical (unpaired) electrons. The summed E-state index contributed by atoms with van der Waals surface area (Å²) in [6.07, 6.45) is 2.85. The first-order valence-electron chi connectivity index (χ1n) is 8.55. The Bertz CT molecular complexity index is 952. The molecule has 132 valence electrons. The minimum atomic E-state index is -0.427. The molecular formula is C20H19FN4O. The molecule has 2 heterocycles. The predicted octanol–water partition coefficient (Wildman–Crippen LogP) is 3.53. The fraction of sp³-hybridized carbons (Fsp3) is 0.200. The zero-order valence-electron chi connectivity index (χ0n) is 14.4. The van der Waals surface area contributed by atoms with Crippen LogP contribution in [0.4, 0.5) is 15.8 Å². The van der Waals surface area contributed by atoms with Crippen LogP contribution in [-0.2, 0) is 17.8 Å². The Morgan fingerprint density at radius 2 is 1.96 bits per heavy atom. The zero-order valence-corrected chi connectivity index (χ0v) is 14.4. The average Bonchev–Trinajstić information content (AvgIpc) is 3.07. The van der Waals surface area contributed by atoms with Crippen LogP contribution in [0.2, 0.25) is 0 Å². The van der Waals surface area contributed by atoms with E-state index in [1.807, 2.05) is 47.3 Å². The number of carbonyl (C=O) groups excluding carboxylic acids is 1. The number of hydrogen-bond donors (Lipinski definition) is 1. The highest BCUT2D eigenvalue weighted by Crippen LogP contribution is 2.27. The molecule has 0 saturated heterocycles. The number of halogens is 1. The highest BCUT2D eigenvalue weighted by atomic mass is 19.1. The van der Waals surface area contributed by atoms with Crippen molar-refractivity contribution in [1.29, 1.82) is 0 Å². The second kappa shape index (κ2) is 6.63. The molecule has 0 unspecified atom stereocenters. The van der Waals surface area contributed by atoms with Gasteiger partial charge in [0.05, 0.1) is 17.1 Å². The molecule has 0 aliphatic carbocycles. The second-order valence-corrected chi connectivity index (χ2v) is 6.40. The van der Waals surface area contributed by atoms with E-state index in [4.69, 9.17) is 0 Å². The number of fused-ring (bicyclic) bond motifs is 1. The van der Waals surface area contributed by atoms with Crippen molar-refractivity contribution in [3.8, 4) is 5.69 Å². The molecule has 1 aliphatic rings. The molecule has 1 amide bonds. The van der Waals surface area contributed by atoms with E-state index < -0.39 is 5.82 Å². The van der Waals surface area contributed by atoms with Gasteiger partial charge in [0.15, 0.2) is 0 Å². The molecule has 2 aromatic carbocycles. The van der Waals surface area contributed by atoms with Crippen molar-refractivity contribution in [2.45, 2.75) is 19.9 Å². The third-order valence-electron chi connectivity index (χ3n) is 4.51. The van der Waals surface area contributed by atoms with Gasteiger partial charge in [-0.05, 0) is 30.3 Å². The summed E-state index contributed by atoms with van der Waals surface area (Å²) < 4.78 is 16.1. The van der Waals surface area contributed by atoms with Gasteiger partial charge < -0.3 is 10.2 Å². The lowest BCUT2D eigenvalue weighted by molar-refractivity contribution is -0.114. The number of benzene rings is 2. The molecule has 0 saturated carbocycles. The van der Waals surface area contributed by atoms with Crippen LogP contribution in [0, 0.1) is 5.82 Å². The van der Waals surface area contributed by atoms with Gasteiger partial charge in [-0.1, -0.05) is 18.2 Å². The quantitative estimate of drug-likeness (QED) is 0.786. The van der Waals surface area contributed by atoms with Crippen molar-refractivity contribution >= 4 is 17.3 Å². The number of nitrogens with one attached hydrogen (secondary N) is 1. The zero-order chi connectivity index (χ0) is 18.1. The van der Waals surface area contributed by atoms with Crippen LogP contribution < -0.4 is 10.2 Å². The SMILES string of the molecule is CC(=O)Nc1ccc(N2CCc3nn(-c4ccccc4)cc3C2)cc1F. The molecule has 5 nitrogen and oxygen atoms in total. The van der Waals surface area contributed by atoms with Crippen LogP contribution in [-0.4, -0.2) is 22.2 Å². The molecule has 0 bridgehead atoms. The first-order chi connectivity index (χ1) is 12.6. The summed E-state index contributed by atoms with van der Waals surface area (Å²) in [7, 11) is 0. The van der Waals surface area contributed by atoms with Crippen molar-refractivity contribution in [3.05, 3.63) is 71.8 Å². The number of hydrogen-bond acceptors (Lipinski definition) is 3. The molecule has 0 atom stereocenters. The van der Waals surface area contributed by atoms with Crippen LogP contribution in [0.5, 0.6) is 0 Å². The Labute approximate surface area is 151 Å². The largest absolute Gasteiger partial charge is 0.367 e. The lowest BCUT2D eigenvalue weighted by atomic mass is 10.1. The third-order valence-corrected chi connectivity index (χ3v) is 4.51. The van der Waals surface area contributed by atoms with Crippen molar-refractivity contribution in [3.63, 3.8) is 0 Å². The van der Waals surface area contributed by atoms with Crippen molar-refractivity contribution in [2.75, 3.05) is 16.8 Å². The van der Waals surface area contributed by atoms with Gasteiger partial charge in [0.25, 0.3) is 0 Å². The number of para-hydroxylation sites is 1. The van der Waals surface area contributed by atoms with Crippen LogP contribution in [0.3, 0.4) is 0 Å². The fourth-order valence-corrected chi connectivity index (χ4v) is 3.24. The van der Waals surface area contributed by atoms with Gasteiger partial charge in [0.1, 0.15) is 5.82 Å². The van der Waals surface area contributed by atoms with Crippen molar-refractivity contribution in [1.82, 2.24) is 9.78 Å². The van der Waals surface area contributed by atoms with E-state index >= 15 is 0 Å². The Morgan fingerprint density at radius 3 is 2.69 bits per heavy atom. The molecule has 1 N–H and O–H groups in total. The summed E-state index contributed by atoms with van der Waals surface area (Å²) in [5.41, 5.74) is 4.26. The Kier molecular flexibility index (Phi) is 4.16. The van der Waals surface area contributed by atoms with Crippen molar-refractivity contribution in [2.24, 2.45) is 0 Å². The highest BCUT2D eigenvalue weighted by molar-refractivity contribution is 5.89. The maximum Gasteiger partial charge on any atom is 0.221 e. The predicted molar refractivity (Wildman–Crippen MR) is 99.0 cm³/mol. The summed E-state index contributed by atoms with van der Waals surface area (Å²) in [6, 6.07) is 14.9. The van der Waals surface area contributed by atoms with E-state index in [1.165, 1.54) is 13.0 Å². The number of rotatable bonds is 3. The van der Waals surface area contributed by atoms with Crippen LogP contribution in [0.1, 0.15) is 18.2 Å². The van der Waals surface area contributed by atoms with Gasteiger partial charge in [-0.2, -0.15) is 5.10 Å². The average molecular weight is 350 g/mol. The molecule has 4 rings (SSSR count). The van der Waals surface area contributed by atoms with Gasteiger partial charge in [0, 0.05) is 43.9 Å². The topological polar surface area (TPSA) is 50.2 Å². The lowest BCUT2D eigenvalue weighted by Gasteiger charge is -2.28. The molecule has 0 spiro atoms. The number of nitrogens with zero attached hydrogens (tertiary/aromatic N) is 3. The van der Waals surface area contributed by atoms with Gasteiger partial charge in [-0.3, -0.25) is 4.79 Å². The second-order valence-electron chi connectivity index (χ2n) is 6.40. The standard InChI is InChI=1S/C20H19FN4O/c1-14(26)22-20-8-7-17(11-18(20)21)24-10-9-19-15(12-24)13-25(23-19)16-5-3-2-4-6-16/h2-8,11,13H,9-10,12H2,1H3,(H,22,26). The number of aromatic nitrogens is 2. The van der Waals surface area contributed by atoms with E-state index in [0.717, 1.165) is 35.6 Å². The van der Waals surface area contributed by atoms with Gasteiger partial charge in [-0.15, -0.1) is 0 Å². The van der Waals surface area contributed by atoms with Gasteiger partial charge in [-0.25, -0.2) is 9.07 Å². The molecule has 1 aliphatic heterocycles. The monoisotopic (exact) mass is 350 g/mol. The number of carbonyl (C=O) groups is 1. The smallest absolute Gasteiger partial charge is 0.221 e. The van der Waals surface area contributed by atoms with E-state index in [-0.39, 0.29) is 11.6 Å². The fourth-order valence-electron chi connectivity index (χ4n) is 3.24. The maximum absolute atomic E-state index is 14.2. The maximum atomic E-state index is 14.2. The molecule has 1 aromatic heterocycles. The van der Waals surface area contributed by atoms with Crippen LogP contribution >= 0.6 is 0 Å². The Morgan fingerprint density at radius 1 is 1.15 bits per heavy atom. The molecular weight excluding hydrogens is 331 g/mol. The number of amides is 1. The summed E-state index contributed by atoms with van der Waals surface area (Å²) in [6.45, 7) is 2.82. The molecule has 3 aromatic rings. The first kappa shape index (κ1) is 16.3. The normalized spacial score (nSPS) is 13.4. The van der Waals surface area contributed by atoms with E-state index in [9.17, 15) is 9.18 Å². The third kappa shape index (κ3) is 3.18. The Hall–Kier alpha value is -3.15. The first-order valence-corrected chi connectivity index (χ1v) is 8.55. The Balaban J connectivity index is 1.56. The molecule has 26 heavy (non-hydrogen) atoms. The summed E-state index contributed by atoms with van der Waals surface area (Å²) in [4.78, 5) is 13.2. The van der Waals surface area contributed by atoms with Gasteiger partial charge in [0.2, 0.25) is 5.91 Å². The summed E-state index contributed by atoms with van der Waals surface area (Å²) in [5, 5.41) is 7.18. The van der Waals surface area contributed by atoms with Crippen LogP contribution in [0.25, 0.3) is 5.69 Å². The minimum absolute atomic E-state index is 0.204. The summed E-state index contributed by atoms with van der Waals surface area (Å²) >= 11 is 0. The number of anilines is 2. The van der Waals surface area contributed by atoms with E-state index in [0.29, 0.717) is 6.54 Å². The van der Waals surface area contributed by atoms with E-state index in [1.54, 1.807) is 6.07 Å². The minimum Gasteiger partial charge on any atom is -0.367 e. The molecule has 0 fully saturated rings. The van der Waals surface area contributed by atoms with Crippen LogP contribution in [0.15, 0.2) is 54.7 Å². The highest BCUT2D eigenvalue weighted by Gasteiger charge is 2.21. The summed E-state index contributed by atoms with van der Waals surface area (Å²) in [5.74, 6) is -0.712. The lowest BCUT2D eigenvalue weighted by Crippen LogP contribution is -2.30.